The third-order valence-electron chi connectivity index (χ3n) is 4.24. The predicted molar refractivity (Wildman–Crippen MR) is 98.7 cm³/mol. The zero-order chi connectivity index (χ0) is 18.1. The number of amides is 1. The van der Waals surface area contributed by atoms with E-state index < -0.39 is 0 Å². The van der Waals surface area contributed by atoms with Crippen LogP contribution in [0.2, 0.25) is 5.02 Å². The third kappa shape index (κ3) is 6.58. The van der Waals surface area contributed by atoms with Gasteiger partial charge in [0.15, 0.2) is 0 Å². The van der Waals surface area contributed by atoms with Gasteiger partial charge in [0.25, 0.3) is 0 Å². The molecule has 6 heteroatoms. The highest BCUT2D eigenvalue weighted by atomic mass is 35.5. The van der Waals surface area contributed by atoms with Crippen molar-refractivity contribution in [1.29, 1.82) is 0 Å². The monoisotopic (exact) mass is 364 g/mol. The summed E-state index contributed by atoms with van der Waals surface area (Å²) in [6, 6.07) is 6.76. The van der Waals surface area contributed by atoms with E-state index in [0.717, 1.165) is 19.4 Å². The largest absolute Gasteiger partial charge is 0.415 e. The molecule has 0 aliphatic carbocycles. The van der Waals surface area contributed by atoms with Crippen LogP contribution in [0.1, 0.15) is 19.8 Å². The Morgan fingerprint density at radius 2 is 2.04 bits per heavy atom. The van der Waals surface area contributed by atoms with Gasteiger partial charge in [-0.3, -0.25) is 4.90 Å². The fraction of sp³-hybridized carbons (Fsp3) is 0.526. The van der Waals surface area contributed by atoms with E-state index in [2.05, 4.69) is 23.7 Å². The molecule has 0 saturated carbocycles. The molecular weight excluding hydrogens is 340 g/mol. The van der Waals surface area contributed by atoms with Crippen molar-refractivity contribution < 1.29 is 14.6 Å². The zero-order valence-electron chi connectivity index (χ0n) is 14.6. The molecule has 1 amide bonds. The van der Waals surface area contributed by atoms with Crippen LogP contribution in [0.15, 0.2) is 24.3 Å². The van der Waals surface area contributed by atoms with Crippen LogP contribution in [0.3, 0.4) is 0 Å². The van der Waals surface area contributed by atoms with E-state index in [0.29, 0.717) is 42.9 Å². The Labute approximate surface area is 154 Å². The van der Waals surface area contributed by atoms with Gasteiger partial charge in [-0.25, -0.2) is 4.79 Å². The second-order valence-electron chi connectivity index (χ2n) is 6.00. The van der Waals surface area contributed by atoms with Crippen LogP contribution in [-0.2, 0) is 0 Å². The number of likely N-dealkylation sites (N-methyl/N-ethyl adjacent to an activating group) is 1. The first kappa shape index (κ1) is 19.6. The van der Waals surface area contributed by atoms with E-state index in [-0.39, 0.29) is 12.7 Å². The minimum Gasteiger partial charge on any atom is -0.410 e. The van der Waals surface area contributed by atoms with Gasteiger partial charge in [0.2, 0.25) is 0 Å². The van der Waals surface area contributed by atoms with Gasteiger partial charge in [-0.1, -0.05) is 30.4 Å². The number of ether oxygens (including phenoxy) is 1. The zero-order valence-corrected chi connectivity index (χ0v) is 15.3. The summed E-state index contributed by atoms with van der Waals surface area (Å²) in [5.74, 6) is 7.30. The van der Waals surface area contributed by atoms with Crippen molar-refractivity contribution in [1.82, 2.24) is 9.80 Å². The van der Waals surface area contributed by atoms with Crippen molar-refractivity contribution in [2.75, 3.05) is 39.3 Å². The molecule has 25 heavy (non-hydrogen) atoms. The minimum atomic E-state index is -0.325. The maximum atomic E-state index is 12.2. The highest BCUT2D eigenvalue weighted by molar-refractivity contribution is 6.30. The molecule has 1 aliphatic heterocycles. The second kappa shape index (κ2) is 10.3. The molecule has 1 fully saturated rings. The molecule has 1 aromatic rings. The van der Waals surface area contributed by atoms with Crippen LogP contribution in [0.5, 0.6) is 5.75 Å². The summed E-state index contributed by atoms with van der Waals surface area (Å²) < 4.78 is 5.36. The topological polar surface area (TPSA) is 53.0 Å². The fourth-order valence-electron chi connectivity index (χ4n) is 2.67. The van der Waals surface area contributed by atoms with Crippen molar-refractivity contribution in [2.45, 2.75) is 19.8 Å². The lowest BCUT2D eigenvalue weighted by Gasteiger charge is -2.29. The van der Waals surface area contributed by atoms with Crippen molar-refractivity contribution >= 4 is 17.7 Å². The maximum Gasteiger partial charge on any atom is 0.415 e. The summed E-state index contributed by atoms with van der Waals surface area (Å²) in [4.78, 5) is 16.0. The molecule has 1 heterocycles. The van der Waals surface area contributed by atoms with E-state index in [1.807, 2.05) is 0 Å². The number of halogens is 1. The third-order valence-corrected chi connectivity index (χ3v) is 4.50. The number of carbonyl (C=O) groups excluding carboxylic acids is 1. The van der Waals surface area contributed by atoms with Crippen molar-refractivity contribution in [3.05, 3.63) is 29.3 Å². The predicted octanol–water partition coefficient (Wildman–Crippen LogP) is 2.87. The number of carbonyl (C=O) groups is 1. The Morgan fingerprint density at radius 1 is 1.36 bits per heavy atom. The summed E-state index contributed by atoms with van der Waals surface area (Å²) in [5.41, 5.74) is 0. The lowest BCUT2D eigenvalue weighted by molar-refractivity contribution is 0.137. The number of hydrogen-bond donors (Lipinski definition) is 1. The first-order chi connectivity index (χ1) is 12.1. The Morgan fingerprint density at radius 3 is 2.64 bits per heavy atom. The SMILES string of the molecule is CCN(CC#CC1CCN(C(=O)Oc2ccc(Cl)cc2)CC1)CCO. The van der Waals surface area contributed by atoms with Gasteiger partial charge >= 0.3 is 6.09 Å². The lowest BCUT2D eigenvalue weighted by Crippen LogP contribution is -2.40. The first-order valence-corrected chi connectivity index (χ1v) is 9.04. The van der Waals surface area contributed by atoms with E-state index in [1.165, 1.54) is 0 Å². The Kier molecular flexibility index (Phi) is 8.07. The Hall–Kier alpha value is -1.74. The molecule has 5 nitrogen and oxygen atoms in total. The Balaban J connectivity index is 1.75. The number of aliphatic hydroxyl groups is 1. The summed E-state index contributed by atoms with van der Waals surface area (Å²) >= 11 is 5.82. The highest BCUT2D eigenvalue weighted by Crippen LogP contribution is 2.20. The van der Waals surface area contributed by atoms with Crippen LogP contribution in [0.25, 0.3) is 0 Å². The number of aliphatic hydroxyl groups excluding tert-OH is 1. The van der Waals surface area contributed by atoms with Crippen LogP contribution < -0.4 is 4.74 Å². The lowest BCUT2D eigenvalue weighted by atomic mass is 9.98. The Bertz CT molecular complexity index is 601. The number of likely N-dealkylation sites (tertiary alicyclic amines) is 1. The first-order valence-electron chi connectivity index (χ1n) is 8.66. The van der Waals surface area contributed by atoms with E-state index in [9.17, 15) is 4.79 Å². The molecule has 0 atom stereocenters. The number of piperidine rings is 1. The average Bonchev–Trinajstić information content (AvgIpc) is 2.63. The maximum absolute atomic E-state index is 12.2. The van der Waals surface area contributed by atoms with E-state index in [4.69, 9.17) is 21.4 Å². The van der Waals surface area contributed by atoms with E-state index in [1.54, 1.807) is 29.2 Å². The second-order valence-corrected chi connectivity index (χ2v) is 6.43. The van der Waals surface area contributed by atoms with Gasteiger partial charge in [0, 0.05) is 30.6 Å². The molecule has 0 aromatic heterocycles. The van der Waals surface area contributed by atoms with Crippen LogP contribution in [0.4, 0.5) is 4.79 Å². The number of nitrogens with zero attached hydrogens (tertiary/aromatic N) is 2. The van der Waals surface area contributed by atoms with Gasteiger partial charge < -0.3 is 14.7 Å². The number of rotatable bonds is 5. The molecular formula is C19H25ClN2O3. The molecule has 1 N–H and O–H groups in total. The molecule has 0 unspecified atom stereocenters. The number of benzene rings is 1. The van der Waals surface area contributed by atoms with Gasteiger partial charge in [-0.05, 0) is 43.7 Å². The van der Waals surface area contributed by atoms with Crippen molar-refractivity contribution in [3.8, 4) is 17.6 Å². The van der Waals surface area contributed by atoms with Crippen LogP contribution in [-0.4, -0.2) is 60.3 Å². The molecule has 1 aliphatic rings. The van der Waals surface area contributed by atoms with Gasteiger partial charge in [-0.15, -0.1) is 0 Å². The average molecular weight is 365 g/mol. The normalized spacial score (nSPS) is 15.0. The van der Waals surface area contributed by atoms with Gasteiger partial charge in [-0.2, -0.15) is 0 Å². The molecule has 0 spiro atoms. The van der Waals surface area contributed by atoms with Gasteiger partial charge in [0.1, 0.15) is 5.75 Å². The standard InChI is InChI=1S/C19H25ClN2O3/c1-2-21(14-15-23)11-3-4-16-9-12-22(13-10-16)19(24)25-18-7-5-17(20)6-8-18/h5-8,16,23H,2,9-15H2,1H3. The molecule has 0 radical (unpaired) electrons. The number of hydrogen-bond acceptors (Lipinski definition) is 4. The highest BCUT2D eigenvalue weighted by Gasteiger charge is 2.23. The fourth-order valence-corrected chi connectivity index (χ4v) is 2.79. The van der Waals surface area contributed by atoms with Crippen molar-refractivity contribution in [3.63, 3.8) is 0 Å². The molecule has 136 valence electrons. The van der Waals surface area contributed by atoms with Crippen molar-refractivity contribution in [2.24, 2.45) is 5.92 Å². The smallest absolute Gasteiger partial charge is 0.410 e. The van der Waals surface area contributed by atoms with Crippen LogP contribution in [0, 0.1) is 17.8 Å². The molecule has 1 aromatic carbocycles. The summed E-state index contributed by atoms with van der Waals surface area (Å²) in [6.07, 6.45) is 1.39. The van der Waals surface area contributed by atoms with E-state index >= 15 is 0 Å². The van der Waals surface area contributed by atoms with Crippen LogP contribution >= 0.6 is 11.6 Å². The van der Waals surface area contributed by atoms with Gasteiger partial charge in [0.05, 0.1) is 13.2 Å². The summed E-state index contributed by atoms with van der Waals surface area (Å²) in [7, 11) is 0. The molecule has 0 bridgehead atoms. The minimum absolute atomic E-state index is 0.156. The molecule has 1 saturated heterocycles. The molecule has 2 rings (SSSR count). The summed E-state index contributed by atoms with van der Waals surface area (Å²) in [6.45, 7) is 5.73. The quantitative estimate of drug-likeness (QED) is 0.816. The summed E-state index contributed by atoms with van der Waals surface area (Å²) in [5, 5.41) is 9.58.